The molecule has 0 fully saturated rings. The topological polar surface area (TPSA) is 50.8 Å². The zero-order valence-electron chi connectivity index (χ0n) is 13.3. The highest BCUT2D eigenvalue weighted by atomic mass is 16.7. The lowest BCUT2D eigenvalue weighted by Gasteiger charge is -2.17. The molecule has 3 rings (SSSR count). The molecule has 1 N–H and O–H groups in total. The number of anilines is 1. The van der Waals surface area contributed by atoms with E-state index in [9.17, 15) is 4.79 Å². The Balaban J connectivity index is 1.55. The van der Waals surface area contributed by atoms with Gasteiger partial charge in [0.1, 0.15) is 0 Å². The van der Waals surface area contributed by atoms with Crippen molar-refractivity contribution in [1.29, 1.82) is 0 Å². The Kier molecular flexibility index (Phi) is 4.48. The number of carbonyl (C=O) groups excluding carboxylic acids is 1. The molecule has 0 unspecified atom stereocenters. The first-order valence-corrected chi connectivity index (χ1v) is 7.54. The summed E-state index contributed by atoms with van der Waals surface area (Å²) in [7, 11) is 1.92. The van der Waals surface area contributed by atoms with E-state index >= 15 is 0 Å². The average Bonchev–Trinajstić information content (AvgIpc) is 2.97. The Bertz CT molecular complexity index is 715. The van der Waals surface area contributed by atoms with E-state index in [-0.39, 0.29) is 12.7 Å². The van der Waals surface area contributed by atoms with Crippen molar-refractivity contribution in [1.82, 2.24) is 4.90 Å². The van der Waals surface area contributed by atoms with Crippen molar-refractivity contribution in [3.63, 3.8) is 0 Å². The van der Waals surface area contributed by atoms with Crippen molar-refractivity contribution in [2.75, 3.05) is 25.7 Å². The lowest BCUT2D eigenvalue weighted by atomic mass is 10.2. The molecule has 120 valence electrons. The van der Waals surface area contributed by atoms with E-state index in [1.54, 1.807) is 0 Å². The molecule has 0 bridgehead atoms. The van der Waals surface area contributed by atoms with E-state index in [1.165, 1.54) is 0 Å². The van der Waals surface area contributed by atoms with Crippen molar-refractivity contribution >= 4 is 11.6 Å². The highest BCUT2D eigenvalue weighted by Crippen LogP contribution is 2.32. The van der Waals surface area contributed by atoms with Gasteiger partial charge in [-0.05, 0) is 43.3 Å². The average molecular weight is 312 g/mol. The Morgan fingerprint density at radius 1 is 1.17 bits per heavy atom. The fourth-order valence-electron chi connectivity index (χ4n) is 2.55. The van der Waals surface area contributed by atoms with Gasteiger partial charge in [-0.2, -0.15) is 0 Å². The molecule has 23 heavy (non-hydrogen) atoms. The van der Waals surface area contributed by atoms with Gasteiger partial charge >= 0.3 is 0 Å². The number of hydrogen-bond acceptors (Lipinski definition) is 4. The maximum atomic E-state index is 12.2. The van der Waals surface area contributed by atoms with Crippen LogP contribution in [0.4, 0.5) is 5.69 Å². The molecule has 2 aromatic carbocycles. The summed E-state index contributed by atoms with van der Waals surface area (Å²) < 4.78 is 10.7. The number of benzene rings is 2. The molecule has 0 aromatic heterocycles. The highest BCUT2D eigenvalue weighted by molar-refractivity contribution is 5.92. The van der Waals surface area contributed by atoms with E-state index in [0.717, 1.165) is 28.3 Å². The van der Waals surface area contributed by atoms with Crippen molar-refractivity contribution < 1.29 is 14.3 Å². The van der Waals surface area contributed by atoms with Crippen LogP contribution in [0.3, 0.4) is 0 Å². The van der Waals surface area contributed by atoms with Gasteiger partial charge in [0.2, 0.25) is 12.7 Å². The Morgan fingerprint density at radius 2 is 1.96 bits per heavy atom. The minimum Gasteiger partial charge on any atom is -0.454 e. The molecule has 0 spiro atoms. The molecular formula is C18H20N2O3. The third kappa shape index (κ3) is 3.81. The lowest BCUT2D eigenvalue weighted by molar-refractivity contribution is -0.117. The van der Waals surface area contributed by atoms with Crippen LogP contribution in [0, 0.1) is 6.92 Å². The van der Waals surface area contributed by atoms with Crippen LogP contribution < -0.4 is 14.8 Å². The summed E-state index contributed by atoms with van der Waals surface area (Å²) in [6.07, 6.45) is 0. The van der Waals surface area contributed by atoms with E-state index in [0.29, 0.717) is 13.1 Å². The van der Waals surface area contributed by atoms with Gasteiger partial charge in [0.25, 0.3) is 0 Å². The summed E-state index contributed by atoms with van der Waals surface area (Å²) in [5, 5.41) is 2.94. The predicted octanol–water partition coefficient (Wildman–Crippen LogP) is 2.79. The predicted molar refractivity (Wildman–Crippen MR) is 88.7 cm³/mol. The molecule has 1 aliphatic rings. The number of rotatable bonds is 5. The van der Waals surface area contributed by atoms with Crippen LogP contribution in [0.25, 0.3) is 0 Å². The van der Waals surface area contributed by atoms with Crippen molar-refractivity contribution in [3.8, 4) is 11.5 Å². The van der Waals surface area contributed by atoms with Crippen LogP contribution in [0.1, 0.15) is 11.1 Å². The fourth-order valence-corrected chi connectivity index (χ4v) is 2.55. The van der Waals surface area contributed by atoms with Gasteiger partial charge in [-0.3, -0.25) is 9.69 Å². The number of aryl methyl sites for hydroxylation is 1. The van der Waals surface area contributed by atoms with Crippen LogP contribution in [-0.4, -0.2) is 31.2 Å². The summed E-state index contributed by atoms with van der Waals surface area (Å²) in [5.41, 5.74) is 2.99. The van der Waals surface area contributed by atoms with Gasteiger partial charge in [-0.15, -0.1) is 0 Å². The minimum absolute atomic E-state index is 0.0254. The largest absolute Gasteiger partial charge is 0.454 e. The van der Waals surface area contributed by atoms with Crippen LogP contribution in [0.2, 0.25) is 0 Å². The maximum absolute atomic E-state index is 12.2. The number of amides is 1. The Hall–Kier alpha value is -2.53. The first-order chi connectivity index (χ1) is 11.1. The number of nitrogens with zero attached hydrogens (tertiary/aromatic N) is 1. The third-order valence-corrected chi connectivity index (χ3v) is 3.72. The zero-order valence-corrected chi connectivity index (χ0v) is 13.3. The number of likely N-dealkylation sites (N-methyl/N-ethyl adjacent to an activating group) is 1. The van der Waals surface area contributed by atoms with Gasteiger partial charge in [-0.1, -0.05) is 24.3 Å². The molecule has 1 heterocycles. The standard InChI is InChI=1S/C18H20N2O3/c1-13-5-3-4-6-15(13)19-18(21)11-20(2)10-14-7-8-16-17(9-14)23-12-22-16/h3-9H,10-12H2,1-2H3,(H,19,21). The van der Waals surface area contributed by atoms with Gasteiger partial charge in [0.15, 0.2) is 11.5 Å². The first kappa shape index (κ1) is 15.4. The van der Waals surface area contributed by atoms with E-state index < -0.39 is 0 Å². The highest BCUT2D eigenvalue weighted by Gasteiger charge is 2.14. The number of ether oxygens (including phenoxy) is 2. The van der Waals surface area contributed by atoms with E-state index in [4.69, 9.17) is 9.47 Å². The van der Waals surface area contributed by atoms with Crippen LogP contribution in [0.15, 0.2) is 42.5 Å². The smallest absolute Gasteiger partial charge is 0.238 e. The minimum atomic E-state index is -0.0254. The maximum Gasteiger partial charge on any atom is 0.238 e. The van der Waals surface area contributed by atoms with Gasteiger partial charge < -0.3 is 14.8 Å². The van der Waals surface area contributed by atoms with Crippen molar-refractivity contribution in [2.24, 2.45) is 0 Å². The normalized spacial score (nSPS) is 12.5. The monoisotopic (exact) mass is 312 g/mol. The van der Waals surface area contributed by atoms with E-state index in [2.05, 4.69) is 5.32 Å². The fraction of sp³-hybridized carbons (Fsp3) is 0.278. The van der Waals surface area contributed by atoms with Crippen molar-refractivity contribution in [2.45, 2.75) is 13.5 Å². The van der Waals surface area contributed by atoms with Crippen LogP contribution in [0.5, 0.6) is 11.5 Å². The molecule has 2 aromatic rings. The Morgan fingerprint density at radius 3 is 2.78 bits per heavy atom. The summed E-state index contributed by atoms with van der Waals surface area (Å²) in [6.45, 7) is 3.24. The van der Waals surface area contributed by atoms with Gasteiger partial charge in [0, 0.05) is 12.2 Å². The molecule has 0 saturated carbocycles. The van der Waals surface area contributed by atoms with Gasteiger partial charge in [0.05, 0.1) is 6.54 Å². The van der Waals surface area contributed by atoms with Crippen molar-refractivity contribution in [3.05, 3.63) is 53.6 Å². The molecule has 0 aliphatic carbocycles. The summed E-state index contributed by atoms with van der Waals surface area (Å²) >= 11 is 0. The second-order valence-electron chi connectivity index (χ2n) is 5.72. The third-order valence-electron chi connectivity index (χ3n) is 3.72. The molecule has 0 radical (unpaired) electrons. The second kappa shape index (κ2) is 6.71. The quantitative estimate of drug-likeness (QED) is 0.922. The molecule has 0 saturated heterocycles. The summed E-state index contributed by atoms with van der Waals surface area (Å²) in [4.78, 5) is 14.1. The summed E-state index contributed by atoms with van der Waals surface area (Å²) in [6, 6.07) is 13.6. The molecular weight excluding hydrogens is 292 g/mol. The lowest BCUT2D eigenvalue weighted by Crippen LogP contribution is -2.30. The first-order valence-electron chi connectivity index (χ1n) is 7.54. The molecule has 1 amide bonds. The van der Waals surface area contributed by atoms with Crippen LogP contribution >= 0.6 is 0 Å². The van der Waals surface area contributed by atoms with E-state index in [1.807, 2.05) is 61.3 Å². The molecule has 5 nitrogen and oxygen atoms in total. The zero-order chi connectivity index (χ0) is 16.2. The number of fused-ring (bicyclic) bond motifs is 1. The van der Waals surface area contributed by atoms with Crippen LogP contribution in [-0.2, 0) is 11.3 Å². The second-order valence-corrected chi connectivity index (χ2v) is 5.72. The molecule has 1 aliphatic heterocycles. The Labute approximate surface area is 135 Å². The number of para-hydroxylation sites is 1. The molecule has 5 heteroatoms. The number of nitrogens with one attached hydrogen (secondary N) is 1. The number of hydrogen-bond donors (Lipinski definition) is 1. The summed E-state index contributed by atoms with van der Waals surface area (Å²) in [5.74, 6) is 1.51. The van der Waals surface area contributed by atoms with Gasteiger partial charge in [-0.25, -0.2) is 0 Å². The number of carbonyl (C=O) groups is 1. The SMILES string of the molecule is Cc1ccccc1NC(=O)CN(C)Cc1ccc2c(c1)OCO2. The molecule has 0 atom stereocenters.